The molecule has 28 heavy (non-hydrogen) atoms. The second-order valence-electron chi connectivity index (χ2n) is 7.49. The summed E-state index contributed by atoms with van der Waals surface area (Å²) in [4.78, 5) is 18.1. The van der Waals surface area contributed by atoms with Crippen LogP contribution in [0.3, 0.4) is 0 Å². The molecule has 3 nitrogen and oxygen atoms in total. The molecular formula is C23H25BrN2OS. The first kappa shape index (κ1) is 20.7. The minimum absolute atomic E-state index is 0.0267. The monoisotopic (exact) mass is 456 g/mol. The smallest absolute Gasteiger partial charge is 0.233 e. The van der Waals surface area contributed by atoms with Gasteiger partial charge >= 0.3 is 0 Å². The van der Waals surface area contributed by atoms with Gasteiger partial charge in [0.05, 0.1) is 5.92 Å². The molecule has 5 heteroatoms. The Morgan fingerprint density at radius 3 is 2.32 bits per heavy atom. The highest BCUT2D eigenvalue weighted by Gasteiger charge is 2.17. The Hall–Kier alpha value is -1.98. The van der Waals surface area contributed by atoms with Crippen LogP contribution in [0.5, 0.6) is 0 Å². The van der Waals surface area contributed by atoms with Crippen LogP contribution < -0.4 is 5.32 Å². The molecule has 1 atom stereocenters. The molecule has 0 bridgehead atoms. The zero-order valence-corrected chi connectivity index (χ0v) is 18.8. The standard InChI is InChI=1S/C23H25BrN2OS/c1-15(2)12-17-4-8-19(9-5-17)16(3)22(27)26-23-25-14-21(28-23)13-18-6-10-20(24)11-7-18/h4-11,14-16H,12-13H2,1-3H3,(H,25,26,27)/t16-/m0/s1. The number of thiazole rings is 1. The van der Waals surface area contributed by atoms with Crippen molar-refractivity contribution in [2.45, 2.75) is 39.5 Å². The van der Waals surface area contributed by atoms with E-state index < -0.39 is 0 Å². The van der Waals surface area contributed by atoms with E-state index in [0.717, 1.165) is 27.8 Å². The summed E-state index contributed by atoms with van der Waals surface area (Å²) >= 11 is 4.98. The van der Waals surface area contributed by atoms with E-state index in [1.54, 1.807) is 0 Å². The Kier molecular flexibility index (Phi) is 7.03. The lowest BCUT2D eigenvalue weighted by Crippen LogP contribution is -2.18. The fraction of sp³-hybridized carbons (Fsp3) is 0.304. The van der Waals surface area contributed by atoms with Gasteiger partial charge in [0.1, 0.15) is 0 Å². The van der Waals surface area contributed by atoms with Gasteiger partial charge in [0.2, 0.25) is 5.91 Å². The highest BCUT2D eigenvalue weighted by atomic mass is 79.9. The molecule has 1 amide bonds. The van der Waals surface area contributed by atoms with Crippen LogP contribution in [0, 0.1) is 5.92 Å². The summed E-state index contributed by atoms with van der Waals surface area (Å²) in [6.45, 7) is 6.36. The lowest BCUT2D eigenvalue weighted by molar-refractivity contribution is -0.117. The molecule has 0 fully saturated rings. The van der Waals surface area contributed by atoms with E-state index in [0.29, 0.717) is 11.0 Å². The minimum atomic E-state index is -0.216. The average molecular weight is 457 g/mol. The van der Waals surface area contributed by atoms with Crippen molar-refractivity contribution in [3.8, 4) is 0 Å². The molecule has 1 N–H and O–H groups in total. The quantitative estimate of drug-likeness (QED) is 0.444. The van der Waals surface area contributed by atoms with Crippen LogP contribution >= 0.6 is 27.3 Å². The molecule has 1 aromatic heterocycles. The molecule has 0 aliphatic carbocycles. The topological polar surface area (TPSA) is 42.0 Å². The van der Waals surface area contributed by atoms with E-state index >= 15 is 0 Å². The predicted molar refractivity (Wildman–Crippen MR) is 121 cm³/mol. The first-order valence-electron chi connectivity index (χ1n) is 9.49. The summed E-state index contributed by atoms with van der Waals surface area (Å²) < 4.78 is 1.07. The second kappa shape index (κ2) is 9.48. The molecule has 0 saturated carbocycles. The minimum Gasteiger partial charge on any atom is -0.301 e. The Morgan fingerprint density at radius 2 is 1.68 bits per heavy atom. The number of aromatic nitrogens is 1. The normalized spacial score (nSPS) is 12.2. The lowest BCUT2D eigenvalue weighted by Gasteiger charge is -2.12. The van der Waals surface area contributed by atoms with Crippen LogP contribution in [-0.2, 0) is 17.6 Å². The molecule has 0 saturated heterocycles. The highest BCUT2D eigenvalue weighted by molar-refractivity contribution is 9.10. The van der Waals surface area contributed by atoms with Gasteiger partial charge in [-0.25, -0.2) is 4.98 Å². The van der Waals surface area contributed by atoms with Gasteiger partial charge in [0, 0.05) is 22.0 Å². The van der Waals surface area contributed by atoms with E-state index in [1.807, 2.05) is 25.3 Å². The Labute approximate surface area is 179 Å². The first-order chi connectivity index (χ1) is 13.4. The third-order valence-electron chi connectivity index (χ3n) is 4.59. The van der Waals surface area contributed by atoms with Crippen LogP contribution in [0.1, 0.15) is 48.3 Å². The fourth-order valence-electron chi connectivity index (χ4n) is 3.03. The van der Waals surface area contributed by atoms with Crippen molar-refractivity contribution in [2.75, 3.05) is 5.32 Å². The van der Waals surface area contributed by atoms with Crippen LogP contribution in [0.15, 0.2) is 59.2 Å². The zero-order valence-electron chi connectivity index (χ0n) is 16.4. The van der Waals surface area contributed by atoms with Gasteiger partial charge in [-0.1, -0.05) is 66.2 Å². The van der Waals surface area contributed by atoms with Crippen LogP contribution in [0.2, 0.25) is 0 Å². The zero-order chi connectivity index (χ0) is 20.1. The molecule has 1 heterocycles. The average Bonchev–Trinajstić information content (AvgIpc) is 3.10. The molecule has 0 aliphatic heterocycles. The van der Waals surface area contributed by atoms with Crippen molar-refractivity contribution >= 4 is 38.3 Å². The summed E-state index contributed by atoms with van der Waals surface area (Å²) in [5.74, 6) is 0.385. The molecule has 0 aliphatic rings. The Morgan fingerprint density at radius 1 is 1.04 bits per heavy atom. The molecule has 0 radical (unpaired) electrons. The molecule has 0 unspecified atom stereocenters. The van der Waals surface area contributed by atoms with E-state index in [2.05, 4.69) is 76.5 Å². The molecule has 2 aromatic carbocycles. The lowest BCUT2D eigenvalue weighted by atomic mass is 9.96. The number of hydrogen-bond donors (Lipinski definition) is 1. The molecule has 146 valence electrons. The summed E-state index contributed by atoms with van der Waals surface area (Å²) in [5, 5.41) is 3.62. The van der Waals surface area contributed by atoms with Gasteiger partial charge in [0.25, 0.3) is 0 Å². The SMILES string of the molecule is CC(C)Cc1ccc([C@H](C)C(=O)Nc2ncc(Cc3ccc(Br)cc3)s2)cc1. The second-order valence-corrected chi connectivity index (χ2v) is 9.52. The molecule has 3 aromatic rings. The number of nitrogens with one attached hydrogen (secondary N) is 1. The number of nitrogens with zero attached hydrogens (tertiary/aromatic N) is 1. The number of benzene rings is 2. The maximum Gasteiger partial charge on any atom is 0.233 e. The van der Waals surface area contributed by atoms with E-state index in [1.165, 1.54) is 22.5 Å². The van der Waals surface area contributed by atoms with Crippen molar-refractivity contribution in [1.29, 1.82) is 0 Å². The molecular weight excluding hydrogens is 432 g/mol. The van der Waals surface area contributed by atoms with Crippen LogP contribution in [0.4, 0.5) is 5.13 Å². The van der Waals surface area contributed by atoms with Gasteiger partial charge < -0.3 is 5.32 Å². The van der Waals surface area contributed by atoms with E-state index in [-0.39, 0.29) is 11.8 Å². The van der Waals surface area contributed by atoms with Crippen molar-refractivity contribution in [2.24, 2.45) is 5.92 Å². The van der Waals surface area contributed by atoms with Crippen LogP contribution in [0.25, 0.3) is 0 Å². The third kappa shape index (κ3) is 5.76. The molecule has 0 spiro atoms. The summed E-state index contributed by atoms with van der Waals surface area (Å²) in [6.07, 6.45) is 3.71. The Balaban J connectivity index is 1.59. The van der Waals surface area contributed by atoms with Crippen molar-refractivity contribution in [3.05, 3.63) is 80.8 Å². The number of carbonyl (C=O) groups is 1. The van der Waals surface area contributed by atoms with E-state index in [9.17, 15) is 4.79 Å². The third-order valence-corrected chi connectivity index (χ3v) is 6.03. The summed E-state index contributed by atoms with van der Waals surface area (Å²) in [5.41, 5.74) is 3.56. The largest absolute Gasteiger partial charge is 0.301 e. The first-order valence-corrected chi connectivity index (χ1v) is 11.1. The van der Waals surface area contributed by atoms with Crippen molar-refractivity contribution < 1.29 is 4.79 Å². The molecule has 3 rings (SSSR count). The van der Waals surface area contributed by atoms with Crippen molar-refractivity contribution in [3.63, 3.8) is 0 Å². The summed E-state index contributed by atoms with van der Waals surface area (Å²) in [7, 11) is 0. The van der Waals surface area contributed by atoms with Crippen LogP contribution in [-0.4, -0.2) is 10.9 Å². The number of carbonyl (C=O) groups excluding carboxylic acids is 1. The maximum atomic E-state index is 12.6. The number of anilines is 1. The van der Waals surface area contributed by atoms with Gasteiger partial charge in [0.15, 0.2) is 5.13 Å². The summed E-state index contributed by atoms with van der Waals surface area (Å²) in [6, 6.07) is 16.6. The van der Waals surface area contributed by atoms with Gasteiger partial charge in [-0.3, -0.25) is 4.79 Å². The van der Waals surface area contributed by atoms with Gasteiger partial charge in [-0.05, 0) is 48.1 Å². The van der Waals surface area contributed by atoms with Crippen molar-refractivity contribution in [1.82, 2.24) is 4.98 Å². The number of halogens is 1. The highest BCUT2D eigenvalue weighted by Crippen LogP contribution is 2.24. The number of hydrogen-bond acceptors (Lipinski definition) is 3. The Bertz CT molecular complexity index is 917. The predicted octanol–water partition coefficient (Wildman–Crippen LogP) is 6.44. The maximum absolute atomic E-state index is 12.6. The fourth-order valence-corrected chi connectivity index (χ4v) is 4.14. The van der Waals surface area contributed by atoms with E-state index in [4.69, 9.17) is 0 Å². The van der Waals surface area contributed by atoms with Gasteiger partial charge in [-0.15, -0.1) is 11.3 Å². The van der Waals surface area contributed by atoms with Gasteiger partial charge in [-0.2, -0.15) is 0 Å². The number of rotatable bonds is 7. The number of amides is 1.